The first-order chi connectivity index (χ1) is 4.95. The second kappa shape index (κ2) is 3.61. The number of hydrazine groups is 1. The molecular formula is C2H6N4O4S. The fraction of sp³-hybridized carbons (Fsp3) is 0. The smallest absolute Gasteiger partial charge is 0.347 e. The zero-order chi connectivity index (χ0) is 9.02. The molecule has 0 aliphatic rings. The molecule has 0 aliphatic heterocycles. The molecule has 0 fully saturated rings. The van der Waals surface area contributed by atoms with Crippen LogP contribution >= 0.6 is 0 Å². The summed E-state index contributed by atoms with van der Waals surface area (Å²) >= 11 is 0. The van der Waals surface area contributed by atoms with Gasteiger partial charge in [-0.05, 0) is 0 Å². The molecule has 0 heterocycles. The van der Waals surface area contributed by atoms with Crippen LogP contribution in [0.1, 0.15) is 0 Å². The fourth-order valence-electron chi connectivity index (χ4n) is 0.281. The van der Waals surface area contributed by atoms with Gasteiger partial charge >= 0.3 is 12.1 Å². The van der Waals surface area contributed by atoms with Gasteiger partial charge in [-0.25, -0.2) is 23.4 Å². The van der Waals surface area contributed by atoms with Crippen molar-refractivity contribution in [1.29, 1.82) is 0 Å². The lowest BCUT2D eigenvalue weighted by Crippen LogP contribution is -2.49. The van der Waals surface area contributed by atoms with Crippen molar-refractivity contribution in [2.24, 2.45) is 11.5 Å². The minimum absolute atomic E-state index is 0.0995. The lowest BCUT2D eigenvalue weighted by Gasteiger charge is -2.10. The number of hydrogen-bond acceptors (Lipinski definition) is 4. The molecule has 8 nitrogen and oxygen atoms in total. The Morgan fingerprint density at radius 2 is 1.73 bits per heavy atom. The maximum absolute atomic E-state index is 10.2. The molecular weight excluding hydrogens is 176 g/mol. The zero-order valence-electron chi connectivity index (χ0n) is 5.18. The Morgan fingerprint density at radius 1 is 1.27 bits per heavy atom. The van der Waals surface area contributed by atoms with Crippen LogP contribution < -0.4 is 16.9 Å². The third kappa shape index (κ3) is 3.25. The standard InChI is InChI=1S/C2H6N4O4S/c3-1(7)5-6(2(4)8)11(9)10/h11H,(H2,4,8)(H3,3,5,7). The predicted octanol–water partition coefficient (Wildman–Crippen LogP) is -2.52. The quantitative estimate of drug-likeness (QED) is 0.262. The second-order valence-electron chi connectivity index (χ2n) is 1.36. The van der Waals surface area contributed by atoms with E-state index in [2.05, 4.69) is 11.5 Å². The van der Waals surface area contributed by atoms with Crippen molar-refractivity contribution in [3.8, 4) is 0 Å². The van der Waals surface area contributed by atoms with E-state index in [1.807, 2.05) is 0 Å². The highest BCUT2D eigenvalue weighted by molar-refractivity contribution is 7.70. The van der Waals surface area contributed by atoms with Crippen molar-refractivity contribution in [1.82, 2.24) is 9.84 Å². The van der Waals surface area contributed by atoms with Gasteiger partial charge in [0.25, 0.3) is 0 Å². The van der Waals surface area contributed by atoms with Crippen LogP contribution in [0.4, 0.5) is 9.59 Å². The molecule has 0 aromatic heterocycles. The van der Waals surface area contributed by atoms with E-state index in [1.165, 1.54) is 5.43 Å². The summed E-state index contributed by atoms with van der Waals surface area (Å²) in [7, 11) is -3.29. The third-order valence-corrected chi connectivity index (χ3v) is 1.21. The van der Waals surface area contributed by atoms with Crippen molar-refractivity contribution in [2.75, 3.05) is 0 Å². The van der Waals surface area contributed by atoms with E-state index in [0.717, 1.165) is 0 Å². The molecule has 0 aromatic carbocycles. The van der Waals surface area contributed by atoms with Gasteiger partial charge in [-0.3, -0.25) is 0 Å². The number of thiol groups is 1. The SMILES string of the molecule is NC(=O)NN(C(N)=O)[SH](=O)=O. The minimum atomic E-state index is -3.29. The largest absolute Gasteiger partial charge is 0.350 e. The first-order valence-electron chi connectivity index (χ1n) is 2.25. The van der Waals surface area contributed by atoms with Gasteiger partial charge in [0.05, 0.1) is 0 Å². The summed E-state index contributed by atoms with van der Waals surface area (Å²) in [4.78, 5) is 20.2. The van der Waals surface area contributed by atoms with Crippen molar-refractivity contribution < 1.29 is 18.0 Å². The van der Waals surface area contributed by atoms with Crippen molar-refractivity contribution in [3.05, 3.63) is 0 Å². The van der Waals surface area contributed by atoms with Crippen LogP contribution in [0.25, 0.3) is 0 Å². The van der Waals surface area contributed by atoms with Gasteiger partial charge in [-0.1, -0.05) is 0 Å². The van der Waals surface area contributed by atoms with Crippen LogP contribution in [0.3, 0.4) is 0 Å². The molecule has 5 N–H and O–H groups in total. The Hall–Kier alpha value is -1.51. The molecule has 0 saturated carbocycles. The van der Waals surface area contributed by atoms with E-state index in [4.69, 9.17) is 0 Å². The third-order valence-electron chi connectivity index (χ3n) is 0.588. The molecule has 0 unspecified atom stereocenters. The molecule has 4 amide bonds. The summed E-state index contributed by atoms with van der Waals surface area (Å²) in [5, 5.41) is 0. The normalized spacial score (nSPS) is 9.18. The van der Waals surface area contributed by atoms with Gasteiger partial charge in [0.15, 0.2) is 0 Å². The summed E-state index contributed by atoms with van der Waals surface area (Å²) in [5.74, 6) is 0. The number of nitrogens with two attached hydrogens (primary N) is 2. The van der Waals surface area contributed by atoms with E-state index in [-0.39, 0.29) is 4.41 Å². The number of primary amides is 2. The van der Waals surface area contributed by atoms with Crippen LogP contribution in [0.2, 0.25) is 0 Å². The van der Waals surface area contributed by atoms with Crippen molar-refractivity contribution in [2.45, 2.75) is 0 Å². The fourth-order valence-corrected chi connectivity index (χ4v) is 0.622. The van der Waals surface area contributed by atoms with Crippen LogP contribution in [-0.2, 0) is 10.9 Å². The van der Waals surface area contributed by atoms with Gasteiger partial charge in [0, 0.05) is 0 Å². The minimum Gasteiger partial charge on any atom is -0.350 e. The average molecular weight is 182 g/mol. The van der Waals surface area contributed by atoms with Gasteiger partial charge in [-0.15, -0.1) is 4.41 Å². The molecule has 0 aliphatic carbocycles. The van der Waals surface area contributed by atoms with E-state index >= 15 is 0 Å². The summed E-state index contributed by atoms with van der Waals surface area (Å²) < 4.78 is 20.0. The van der Waals surface area contributed by atoms with Crippen LogP contribution in [0.5, 0.6) is 0 Å². The molecule has 0 saturated heterocycles. The highest BCUT2D eigenvalue weighted by atomic mass is 32.2. The Morgan fingerprint density at radius 3 is 1.82 bits per heavy atom. The number of urea groups is 2. The molecule has 9 heteroatoms. The Bertz CT molecular complexity index is 238. The van der Waals surface area contributed by atoms with Crippen LogP contribution in [-0.4, -0.2) is 24.9 Å². The number of rotatable bonds is 1. The molecule has 0 radical (unpaired) electrons. The maximum Gasteiger partial charge on any atom is 0.347 e. The van der Waals surface area contributed by atoms with Gasteiger partial charge in [0.2, 0.25) is 10.9 Å². The topological polar surface area (TPSA) is 136 Å². The first kappa shape index (κ1) is 9.49. The average Bonchev–Trinajstić information content (AvgIpc) is 1.81. The lowest BCUT2D eigenvalue weighted by atomic mass is 11.1. The van der Waals surface area contributed by atoms with E-state index < -0.39 is 23.0 Å². The maximum atomic E-state index is 10.2. The highest BCUT2D eigenvalue weighted by Gasteiger charge is 2.12. The molecule has 0 aromatic rings. The number of carbonyl (C=O) groups excluding carboxylic acids is 2. The summed E-state index contributed by atoms with van der Waals surface area (Å²) in [6, 6.07) is -2.53. The van der Waals surface area contributed by atoms with Gasteiger partial charge < -0.3 is 11.5 Å². The van der Waals surface area contributed by atoms with Crippen molar-refractivity contribution in [3.63, 3.8) is 0 Å². The monoisotopic (exact) mass is 182 g/mol. The second-order valence-corrected chi connectivity index (χ2v) is 2.24. The molecule has 0 spiro atoms. The molecule has 0 atom stereocenters. The Labute approximate surface area is 63.2 Å². The number of carbonyl (C=O) groups is 2. The highest BCUT2D eigenvalue weighted by Crippen LogP contribution is 1.79. The Kier molecular flexibility index (Phi) is 3.11. The summed E-state index contributed by atoms with van der Waals surface area (Å²) in [5.41, 5.74) is 10.5. The van der Waals surface area contributed by atoms with E-state index in [1.54, 1.807) is 0 Å². The number of nitrogens with one attached hydrogen (secondary N) is 1. The van der Waals surface area contributed by atoms with E-state index in [9.17, 15) is 18.0 Å². The first-order valence-corrected chi connectivity index (χ1v) is 3.38. The summed E-state index contributed by atoms with van der Waals surface area (Å²) in [6.07, 6.45) is 0. The molecule has 64 valence electrons. The number of hydrogen-bond donors (Lipinski definition) is 4. The molecule has 0 rings (SSSR count). The number of nitrogens with zero attached hydrogens (tertiary/aromatic N) is 1. The number of amides is 4. The predicted molar refractivity (Wildman–Crippen MR) is 34.5 cm³/mol. The van der Waals surface area contributed by atoms with Gasteiger partial charge in [0.1, 0.15) is 0 Å². The van der Waals surface area contributed by atoms with Gasteiger partial charge in [-0.2, -0.15) is 0 Å². The Balaban J connectivity index is 4.36. The zero-order valence-corrected chi connectivity index (χ0v) is 6.08. The molecule has 11 heavy (non-hydrogen) atoms. The van der Waals surface area contributed by atoms with Crippen LogP contribution in [0, 0.1) is 0 Å². The lowest BCUT2D eigenvalue weighted by molar-refractivity contribution is 0.211. The van der Waals surface area contributed by atoms with E-state index in [0.29, 0.717) is 0 Å². The molecule has 0 bridgehead atoms. The van der Waals surface area contributed by atoms with Crippen molar-refractivity contribution >= 4 is 23.0 Å². The summed E-state index contributed by atoms with van der Waals surface area (Å²) in [6.45, 7) is 0. The van der Waals surface area contributed by atoms with Crippen LogP contribution in [0.15, 0.2) is 0 Å².